The van der Waals surface area contributed by atoms with E-state index in [4.69, 9.17) is 34.8 Å². The molecule has 1 aliphatic heterocycles. The summed E-state index contributed by atoms with van der Waals surface area (Å²) in [6.45, 7) is 0.157. The van der Waals surface area contributed by atoms with Gasteiger partial charge in [-0.05, 0) is 64.2 Å². The van der Waals surface area contributed by atoms with Crippen LogP contribution in [-0.2, 0) is 4.79 Å². The molecule has 39 heavy (non-hydrogen) atoms. The lowest BCUT2D eigenvalue weighted by molar-refractivity contribution is -0.162. The number of likely N-dealkylation sites (tertiary alicyclic amines) is 1. The van der Waals surface area contributed by atoms with Gasteiger partial charge in [-0.15, -0.1) is 0 Å². The molecule has 2 amide bonds. The molecule has 1 saturated heterocycles. The summed E-state index contributed by atoms with van der Waals surface area (Å²) in [4.78, 5) is 25.6. The van der Waals surface area contributed by atoms with E-state index in [-0.39, 0.29) is 58.2 Å². The average molecular weight is 681 g/mol. The van der Waals surface area contributed by atoms with E-state index in [1.165, 1.54) is 24.3 Å². The number of hydrogen-bond acceptors (Lipinski definition) is 2. The first-order chi connectivity index (χ1) is 18.0. The molecule has 1 fully saturated rings. The van der Waals surface area contributed by atoms with Gasteiger partial charge in [0.05, 0.1) is 26.5 Å². The number of carbonyl (C=O) groups is 2. The topological polar surface area (TPSA) is 49.4 Å². The van der Waals surface area contributed by atoms with Crippen molar-refractivity contribution in [1.82, 2.24) is 10.2 Å². The second-order valence-corrected chi connectivity index (χ2v) is 10.9. The first-order valence-corrected chi connectivity index (χ1v) is 13.3. The second kappa shape index (κ2) is 12.7. The maximum absolute atomic E-state index is 13.8. The van der Waals surface area contributed by atoms with Crippen LogP contribution in [0, 0.1) is 0 Å². The van der Waals surface area contributed by atoms with Crippen molar-refractivity contribution in [3.05, 3.63) is 72.6 Å². The van der Waals surface area contributed by atoms with Gasteiger partial charge in [-0.25, -0.2) is 0 Å². The summed E-state index contributed by atoms with van der Waals surface area (Å²) < 4.78 is 79.0. The van der Waals surface area contributed by atoms with Gasteiger partial charge in [0, 0.05) is 23.6 Å². The molecular weight excluding hydrogens is 661 g/mol. The molecule has 1 heterocycles. The number of amides is 2. The Kier molecular flexibility index (Phi) is 10.3. The normalized spacial score (nSPS) is 16.0. The highest BCUT2D eigenvalue weighted by Crippen LogP contribution is 2.41. The molecular formula is C25H20BrCl3F6N2O2. The summed E-state index contributed by atoms with van der Waals surface area (Å²) in [6, 6.07) is 6.20. The van der Waals surface area contributed by atoms with E-state index >= 15 is 0 Å². The van der Waals surface area contributed by atoms with E-state index in [1.54, 1.807) is 0 Å². The Hall–Kier alpha value is -1.95. The highest BCUT2D eigenvalue weighted by Gasteiger charge is 2.39. The van der Waals surface area contributed by atoms with E-state index in [1.807, 2.05) is 0 Å². The molecule has 3 rings (SSSR count). The Balaban J connectivity index is 1.66. The molecule has 4 nitrogen and oxygen atoms in total. The van der Waals surface area contributed by atoms with Crippen molar-refractivity contribution in [2.75, 3.05) is 13.1 Å². The number of nitrogens with zero attached hydrogens (tertiary/aromatic N) is 1. The Morgan fingerprint density at radius 2 is 1.62 bits per heavy atom. The number of halogens is 10. The summed E-state index contributed by atoms with van der Waals surface area (Å²) in [5.74, 6) is -3.51. The summed E-state index contributed by atoms with van der Waals surface area (Å²) in [6.07, 6.45) is -8.01. The van der Waals surface area contributed by atoms with Gasteiger partial charge < -0.3 is 10.2 Å². The fourth-order valence-corrected chi connectivity index (χ4v) is 5.20. The molecule has 0 saturated carbocycles. The monoisotopic (exact) mass is 678 g/mol. The van der Waals surface area contributed by atoms with Crippen LogP contribution in [0.3, 0.4) is 0 Å². The fourth-order valence-electron chi connectivity index (χ4n) is 4.01. The van der Waals surface area contributed by atoms with E-state index in [2.05, 4.69) is 21.2 Å². The number of piperidine rings is 1. The van der Waals surface area contributed by atoms with Crippen LogP contribution in [0.25, 0.3) is 6.08 Å². The van der Waals surface area contributed by atoms with Gasteiger partial charge in [-0.1, -0.05) is 53.0 Å². The largest absolute Gasteiger partial charge is 0.399 e. The molecule has 212 valence electrons. The zero-order chi connectivity index (χ0) is 29.1. The lowest BCUT2D eigenvalue weighted by Gasteiger charge is -2.32. The Morgan fingerprint density at radius 3 is 2.13 bits per heavy atom. The summed E-state index contributed by atoms with van der Waals surface area (Å²) in [7, 11) is 0. The number of hydrogen-bond donors (Lipinski definition) is 1. The van der Waals surface area contributed by atoms with Crippen LogP contribution in [0.1, 0.15) is 46.7 Å². The van der Waals surface area contributed by atoms with Crippen LogP contribution in [0.15, 0.2) is 40.9 Å². The van der Waals surface area contributed by atoms with Crippen LogP contribution >= 0.6 is 50.7 Å². The Bertz CT molecular complexity index is 1240. The van der Waals surface area contributed by atoms with Gasteiger partial charge in [0.1, 0.15) is 6.42 Å². The third-order valence-electron chi connectivity index (χ3n) is 5.97. The van der Waals surface area contributed by atoms with Crippen LogP contribution in [0.5, 0.6) is 0 Å². The number of allylic oxidation sites excluding steroid dienone is 1. The van der Waals surface area contributed by atoms with Crippen molar-refractivity contribution in [1.29, 1.82) is 0 Å². The second-order valence-electron chi connectivity index (χ2n) is 8.84. The molecule has 1 N–H and O–H groups in total. The summed E-state index contributed by atoms with van der Waals surface area (Å²) >= 11 is 20.9. The van der Waals surface area contributed by atoms with Crippen LogP contribution in [-0.4, -0.2) is 48.2 Å². The first-order valence-electron chi connectivity index (χ1n) is 11.4. The number of alkyl halides is 6. The first kappa shape index (κ1) is 31.6. The molecule has 0 aromatic heterocycles. The highest BCUT2D eigenvalue weighted by molar-refractivity contribution is 9.10. The van der Waals surface area contributed by atoms with Crippen LogP contribution in [0.2, 0.25) is 15.1 Å². The van der Waals surface area contributed by atoms with E-state index in [0.29, 0.717) is 10.0 Å². The maximum atomic E-state index is 13.8. The van der Waals surface area contributed by atoms with Crippen molar-refractivity contribution in [2.45, 2.75) is 43.6 Å². The Labute approximate surface area is 243 Å². The highest BCUT2D eigenvalue weighted by atomic mass is 79.9. The van der Waals surface area contributed by atoms with Gasteiger partial charge in [0.15, 0.2) is 0 Å². The number of carbonyl (C=O) groups excluding carboxylic acids is 2. The molecule has 0 aliphatic carbocycles. The minimum absolute atomic E-state index is 0.0507. The SMILES string of the molecule is O=C(NC1CCN(C(=O)CC(F)(F)F)CC1)c1ccc(C=CC(c2cc(Cl)c(Cl)c(Cl)c2)C(F)(F)F)cc1Br. The Morgan fingerprint density at radius 1 is 1.03 bits per heavy atom. The predicted octanol–water partition coefficient (Wildman–Crippen LogP) is 8.44. The molecule has 2 aromatic rings. The third-order valence-corrected chi connectivity index (χ3v) is 7.82. The summed E-state index contributed by atoms with van der Waals surface area (Å²) in [5, 5.41) is 2.50. The smallest absolute Gasteiger partial charge is 0.349 e. The number of nitrogens with one attached hydrogen (secondary N) is 1. The quantitative estimate of drug-likeness (QED) is 0.246. The van der Waals surface area contributed by atoms with Crippen molar-refractivity contribution in [2.24, 2.45) is 0 Å². The van der Waals surface area contributed by atoms with Gasteiger partial charge in [-0.2, -0.15) is 26.3 Å². The number of rotatable bonds is 6. The average Bonchev–Trinajstić information content (AvgIpc) is 2.81. The molecule has 0 spiro atoms. The van der Waals surface area contributed by atoms with Crippen molar-refractivity contribution < 1.29 is 35.9 Å². The zero-order valence-electron chi connectivity index (χ0n) is 19.8. The maximum Gasteiger partial charge on any atom is 0.399 e. The minimum Gasteiger partial charge on any atom is -0.349 e. The van der Waals surface area contributed by atoms with Gasteiger partial charge in [0.25, 0.3) is 5.91 Å². The van der Waals surface area contributed by atoms with E-state index in [0.717, 1.165) is 23.1 Å². The zero-order valence-corrected chi connectivity index (χ0v) is 23.6. The van der Waals surface area contributed by atoms with Crippen molar-refractivity contribution in [3.63, 3.8) is 0 Å². The van der Waals surface area contributed by atoms with Crippen molar-refractivity contribution >= 4 is 68.6 Å². The molecule has 14 heteroatoms. The fraction of sp³-hybridized carbons (Fsp3) is 0.360. The lowest BCUT2D eigenvalue weighted by Crippen LogP contribution is -2.47. The van der Waals surface area contributed by atoms with Crippen LogP contribution < -0.4 is 5.32 Å². The molecule has 0 bridgehead atoms. The van der Waals surface area contributed by atoms with Gasteiger partial charge in [-0.3, -0.25) is 9.59 Å². The molecule has 1 atom stereocenters. The molecule has 0 radical (unpaired) electrons. The van der Waals surface area contributed by atoms with E-state index < -0.39 is 36.5 Å². The van der Waals surface area contributed by atoms with Crippen LogP contribution in [0.4, 0.5) is 26.3 Å². The summed E-state index contributed by atoms with van der Waals surface area (Å²) in [5.41, 5.74) is 0.390. The van der Waals surface area contributed by atoms with E-state index in [9.17, 15) is 35.9 Å². The van der Waals surface area contributed by atoms with Crippen molar-refractivity contribution in [3.8, 4) is 0 Å². The molecule has 1 unspecified atom stereocenters. The third kappa shape index (κ3) is 8.77. The lowest BCUT2D eigenvalue weighted by atomic mass is 9.97. The number of benzene rings is 2. The van der Waals surface area contributed by atoms with Gasteiger partial charge >= 0.3 is 12.4 Å². The predicted molar refractivity (Wildman–Crippen MR) is 141 cm³/mol. The molecule has 2 aromatic carbocycles. The van der Waals surface area contributed by atoms with Gasteiger partial charge in [0.2, 0.25) is 5.91 Å². The molecule has 1 aliphatic rings. The minimum atomic E-state index is -4.65. The standard InChI is InChI=1S/C25H20BrCl3F6N2O2/c26-18-9-13(2-4-17(25(33,34)35)14-10-19(27)22(29)20(28)11-14)1-3-16(18)23(39)36-15-5-7-37(8-6-15)21(38)12-24(30,31)32/h1-4,9-11,15,17H,5-8,12H2,(H,36,39).